The number of rotatable bonds is 6. The van der Waals surface area contributed by atoms with E-state index in [0.717, 1.165) is 6.42 Å². The third kappa shape index (κ3) is 4.53. The van der Waals surface area contributed by atoms with Crippen LogP contribution in [0.2, 0.25) is 0 Å². The highest BCUT2D eigenvalue weighted by atomic mass is 32.2. The minimum atomic E-state index is -3.80. The minimum Gasteiger partial charge on any atom is -0.384 e. The van der Waals surface area contributed by atoms with Gasteiger partial charge < -0.3 is 10.5 Å². The van der Waals surface area contributed by atoms with E-state index >= 15 is 0 Å². The summed E-state index contributed by atoms with van der Waals surface area (Å²) in [5, 5.41) is 0. The molecule has 3 aromatic rings. The molecule has 6 nitrogen and oxygen atoms in total. The zero-order valence-electron chi connectivity index (χ0n) is 18.0. The number of sulfonamides is 1. The SMILES string of the molecule is CC1COC(CN(C)S(=O)(=O)c2ccccc2-c2ccc(-c3ccc(N)nc3)c(F)c2)C1. The molecule has 1 aromatic heterocycles. The molecule has 0 spiro atoms. The molecule has 32 heavy (non-hydrogen) atoms. The lowest BCUT2D eigenvalue weighted by molar-refractivity contribution is 0.0950. The van der Waals surface area contributed by atoms with Crippen LogP contribution in [0.1, 0.15) is 13.3 Å². The molecule has 1 aliphatic heterocycles. The van der Waals surface area contributed by atoms with E-state index in [1.54, 1.807) is 55.6 Å². The Labute approximate surface area is 187 Å². The van der Waals surface area contributed by atoms with Crippen LogP contribution >= 0.6 is 0 Å². The number of nitrogens with two attached hydrogens (primary N) is 1. The third-order valence-corrected chi connectivity index (χ3v) is 7.58. The van der Waals surface area contributed by atoms with Gasteiger partial charge in [0.15, 0.2) is 0 Å². The van der Waals surface area contributed by atoms with Gasteiger partial charge in [0.05, 0.1) is 11.0 Å². The fourth-order valence-corrected chi connectivity index (χ4v) is 5.39. The van der Waals surface area contributed by atoms with Crippen LogP contribution < -0.4 is 5.73 Å². The molecule has 2 heterocycles. The van der Waals surface area contributed by atoms with Crippen molar-refractivity contribution >= 4 is 15.8 Å². The summed E-state index contributed by atoms with van der Waals surface area (Å²) in [7, 11) is -2.24. The number of ether oxygens (including phenoxy) is 1. The lowest BCUT2D eigenvalue weighted by Crippen LogP contribution is -2.34. The van der Waals surface area contributed by atoms with Gasteiger partial charge in [-0.25, -0.2) is 17.8 Å². The fraction of sp³-hybridized carbons (Fsp3) is 0.292. The average Bonchev–Trinajstić information content (AvgIpc) is 3.19. The van der Waals surface area contributed by atoms with Crippen LogP contribution in [0.25, 0.3) is 22.3 Å². The standard InChI is InChI=1S/C24H26FN3O3S/c1-16-11-19(31-15-16)14-28(2)32(29,30)23-6-4-3-5-21(23)17-7-9-20(22(25)12-17)18-8-10-24(26)27-13-18/h3-10,12-13,16,19H,11,14-15H2,1-2H3,(H2,26,27). The molecule has 8 heteroatoms. The average molecular weight is 456 g/mol. The van der Waals surface area contributed by atoms with Crippen LogP contribution in [0.4, 0.5) is 10.2 Å². The highest BCUT2D eigenvalue weighted by Crippen LogP contribution is 2.33. The Bertz CT molecular complexity index is 1220. The van der Waals surface area contributed by atoms with E-state index in [0.29, 0.717) is 40.6 Å². The number of halogens is 1. The molecule has 168 valence electrons. The molecular weight excluding hydrogens is 429 g/mol. The second-order valence-electron chi connectivity index (χ2n) is 8.24. The fourth-order valence-electron chi connectivity index (χ4n) is 3.98. The number of nitrogens with zero attached hydrogens (tertiary/aromatic N) is 2. The second-order valence-corrected chi connectivity index (χ2v) is 10.3. The quantitative estimate of drug-likeness (QED) is 0.603. The molecular formula is C24H26FN3O3S. The number of benzene rings is 2. The van der Waals surface area contributed by atoms with Gasteiger partial charge in [0, 0.05) is 43.1 Å². The molecule has 2 aromatic carbocycles. The van der Waals surface area contributed by atoms with Gasteiger partial charge in [-0.05, 0) is 42.2 Å². The van der Waals surface area contributed by atoms with Gasteiger partial charge >= 0.3 is 0 Å². The number of pyridine rings is 1. The summed E-state index contributed by atoms with van der Waals surface area (Å²) < 4.78 is 48.7. The van der Waals surface area contributed by atoms with Crippen LogP contribution in [0.5, 0.6) is 0 Å². The molecule has 0 radical (unpaired) electrons. The number of aromatic nitrogens is 1. The first-order valence-corrected chi connectivity index (χ1v) is 11.9. The Morgan fingerprint density at radius 1 is 1.12 bits per heavy atom. The predicted octanol–water partition coefficient (Wildman–Crippen LogP) is 4.18. The van der Waals surface area contributed by atoms with Gasteiger partial charge in [-0.2, -0.15) is 4.31 Å². The van der Waals surface area contributed by atoms with Gasteiger partial charge in [0.25, 0.3) is 0 Å². The zero-order valence-corrected chi connectivity index (χ0v) is 18.8. The van der Waals surface area contributed by atoms with Crippen molar-refractivity contribution in [2.75, 3.05) is 25.9 Å². The zero-order chi connectivity index (χ0) is 22.9. The monoisotopic (exact) mass is 455 g/mol. The van der Waals surface area contributed by atoms with Crippen molar-refractivity contribution in [2.45, 2.75) is 24.3 Å². The molecule has 2 unspecified atom stereocenters. The highest BCUT2D eigenvalue weighted by Gasteiger charge is 2.30. The summed E-state index contributed by atoms with van der Waals surface area (Å²) in [5.41, 5.74) is 7.49. The molecule has 1 saturated heterocycles. The molecule has 0 aliphatic carbocycles. The summed E-state index contributed by atoms with van der Waals surface area (Å²) in [5.74, 6) is 0.301. The Hall–Kier alpha value is -2.81. The molecule has 0 saturated carbocycles. The molecule has 4 rings (SSSR count). The van der Waals surface area contributed by atoms with Crippen molar-refractivity contribution in [1.82, 2.24) is 9.29 Å². The van der Waals surface area contributed by atoms with Crippen LogP contribution in [-0.4, -0.2) is 44.0 Å². The summed E-state index contributed by atoms with van der Waals surface area (Å²) >= 11 is 0. The van der Waals surface area contributed by atoms with Crippen LogP contribution in [-0.2, 0) is 14.8 Å². The van der Waals surface area contributed by atoms with Gasteiger partial charge in [0.2, 0.25) is 10.0 Å². The smallest absolute Gasteiger partial charge is 0.243 e. The van der Waals surface area contributed by atoms with Gasteiger partial charge in [-0.1, -0.05) is 37.3 Å². The van der Waals surface area contributed by atoms with E-state index in [-0.39, 0.29) is 17.5 Å². The van der Waals surface area contributed by atoms with E-state index in [9.17, 15) is 12.8 Å². The lowest BCUT2D eigenvalue weighted by atomic mass is 10.0. The summed E-state index contributed by atoms with van der Waals surface area (Å²) in [6.07, 6.45) is 2.21. The van der Waals surface area contributed by atoms with Crippen molar-refractivity contribution in [1.29, 1.82) is 0 Å². The lowest BCUT2D eigenvalue weighted by Gasteiger charge is -2.22. The first-order valence-electron chi connectivity index (χ1n) is 10.4. The predicted molar refractivity (Wildman–Crippen MR) is 123 cm³/mol. The molecule has 2 N–H and O–H groups in total. The summed E-state index contributed by atoms with van der Waals surface area (Å²) in [6.45, 7) is 3.01. The minimum absolute atomic E-state index is 0.123. The molecule has 2 atom stereocenters. The van der Waals surface area contributed by atoms with Crippen molar-refractivity contribution in [3.05, 3.63) is 66.6 Å². The Balaban J connectivity index is 1.66. The van der Waals surface area contributed by atoms with Crippen molar-refractivity contribution in [3.63, 3.8) is 0 Å². The number of anilines is 1. The summed E-state index contributed by atoms with van der Waals surface area (Å²) in [6, 6.07) is 14.6. The molecule has 1 aliphatic rings. The van der Waals surface area contributed by atoms with Crippen molar-refractivity contribution < 1.29 is 17.5 Å². The number of nitrogen functional groups attached to an aromatic ring is 1. The van der Waals surface area contributed by atoms with Gasteiger partial charge in [-0.15, -0.1) is 0 Å². The number of likely N-dealkylation sites (N-methyl/N-ethyl adjacent to an activating group) is 1. The maximum absolute atomic E-state index is 15.0. The van der Waals surface area contributed by atoms with Crippen LogP contribution in [0.3, 0.4) is 0 Å². The molecule has 1 fully saturated rings. The summed E-state index contributed by atoms with van der Waals surface area (Å²) in [4.78, 5) is 4.14. The maximum atomic E-state index is 15.0. The van der Waals surface area contributed by atoms with Crippen LogP contribution in [0, 0.1) is 11.7 Å². The number of hydrogen-bond donors (Lipinski definition) is 1. The van der Waals surface area contributed by atoms with Crippen molar-refractivity contribution in [3.8, 4) is 22.3 Å². The largest absolute Gasteiger partial charge is 0.384 e. The van der Waals surface area contributed by atoms with Crippen LogP contribution in [0.15, 0.2) is 65.7 Å². The van der Waals surface area contributed by atoms with E-state index in [2.05, 4.69) is 11.9 Å². The Kier molecular flexibility index (Phi) is 6.28. The molecule has 0 bridgehead atoms. The third-order valence-electron chi connectivity index (χ3n) is 5.70. The normalized spacial score (nSPS) is 18.9. The van der Waals surface area contributed by atoms with E-state index in [4.69, 9.17) is 10.5 Å². The Morgan fingerprint density at radius 2 is 1.88 bits per heavy atom. The van der Waals surface area contributed by atoms with Gasteiger partial charge in [0.1, 0.15) is 11.6 Å². The van der Waals surface area contributed by atoms with Crippen molar-refractivity contribution in [2.24, 2.45) is 5.92 Å². The maximum Gasteiger partial charge on any atom is 0.243 e. The van der Waals surface area contributed by atoms with Gasteiger partial charge in [-0.3, -0.25) is 0 Å². The van der Waals surface area contributed by atoms with E-state index in [1.807, 2.05) is 0 Å². The molecule has 0 amide bonds. The van der Waals surface area contributed by atoms with E-state index < -0.39 is 15.8 Å². The first-order chi connectivity index (χ1) is 15.3. The highest BCUT2D eigenvalue weighted by molar-refractivity contribution is 7.89. The Morgan fingerprint density at radius 3 is 2.53 bits per heavy atom. The van der Waals surface area contributed by atoms with E-state index in [1.165, 1.54) is 16.6 Å². The second kappa shape index (κ2) is 8.97. The number of hydrogen-bond acceptors (Lipinski definition) is 5. The first kappa shape index (κ1) is 22.4. The topological polar surface area (TPSA) is 85.5 Å².